The van der Waals surface area contributed by atoms with Crippen molar-refractivity contribution < 1.29 is 31.1 Å². The van der Waals surface area contributed by atoms with Gasteiger partial charge in [0.25, 0.3) is 10.0 Å². The largest absolute Gasteiger partial charge is 0.417 e. The molecule has 1 saturated heterocycles. The van der Waals surface area contributed by atoms with Crippen molar-refractivity contribution in [2.45, 2.75) is 30.5 Å². The van der Waals surface area contributed by atoms with Crippen LogP contribution in [0.4, 0.5) is 13.2 Å². The highest BCUT2D eigenvalue weighted by molar-refractivity contribution is 7.90. The Balaban J connectivity index is 1.96. The van der Waals surface area contributed by atoms with Crippen molar-refractivity contribution in [1.29, 1.82) is 0 Å². The van der Waals surface area contributed by atoms with Gasteiger partial charge in [0.1, 0.15) is 0 Å². The molecule has 1 N–H and O–H groups in total. The Morgan fingerprint density at radius 1 is 1.39 bits per heavy atom. The number of amides is 1. The summed E-state index contributed by atoms with van der Waals surface area (Å²) in [4.78, 5) is 14.9. The summed E-state index contributed by atoms with van der Waals surface area (Å²) in [5.74, 6) is -0.508. The third-order valence-electron chi connectivity index (χ3n) is 3.39. The molecule has 0 saturated carbocycles. The van der Waals surface area contributed by atoms with E-state index in [9.17, 15) is 26.4 Å². The number of nitrogens with zero attached hydrogens (tertiary/aromatic N) is 1. The summed E-state index contributed by atoms with van der Waals surface area (Å²) in [5, 5.41) is -0.636. The van der Waals surface area contributed by atoms with Crippen LogP contribution in [0.5, 0.6) is 0 Å². The second-order valence-corrected chi connectivity index (χ2v) is 6.81. The van der Waals surface area contributed by atoms with Crippen LogP contribution >= 0.6 is 0 Å². The van der Waals surface area contributed by atoms with Gasteiger partial charge in [-0.15, -0.1) is 0 Å². The number of hydrogen-bond donors (Lipinski definition) is 1. The summed E-state index contributed by atoms with van der Waals surface area (Å²) >= 11 is 0. The first-order valence-corrected chi connectivity index (χ1v) is 8.33. The van der Waals surface area contributed by atoms with Gasteiger partial charge in [-0.2, -0.15) is 21.6 Å². The SMILES string of the molecule is O=C(CCC1CCOC1)NS(=O)(=O)c1ccc(C(F)(F)F)cn1. The van der Waals surface area contributed by atoms with E-state index in [-0.39, 0.29) is 12.3 Å². The van der Waals surface area contributed by atoms with E-state index < -0.39 is 32.7 Å². The number of hydrogen-bond acceptors (Lipinski definition) is 5. The van der Waals surface area contributed by atoms with E-state index in [2.05, 4.69) is 4.98 Å². The van der Waals surface area contributed by atoms with Gasteiger partial charge >= 0.3 is 6.18 Å². The fourth-order valence-corrected chi connectivity index (χ4v) is 3.05. The third kappa shape index (κ3) is 4.90. The molecule has 1 aromatic heterocycles. The molecule has 1 atom stereocenters. The van der Waals surface area contributed by atoms with Crippen LogP contribution in [-0.2, 0) is 25.7 Å². The number of halogens is 3. The lowest BCUT2D eigenvalue weighted by atomic mass is 10.0. The number of carbonyl (C=O) groups is 1. The molecule has 0 bridgehead atoms. The predicted octanol–water partition coefficient (Wildman–Crippen LogP) is 1.72. The van der Waals surface area contributed by atoms with E-state index >= 15 is 0 Å². The highest BCUT2D eigenvalue weighted by atomic mass is 32.2. The summed E-state index contributed by atoms with van der Waals surface area (Å²) in [7, 11) is -4.28. The standard InChI is InChI=1S/C13H15F3N2O4S/c14-13(15,16)10-2-4-12(17-7-10)23(20,21)18-11(19)3-1-9-5-6-22-8-9/h2,4,7,9H,1,3,5-6,8H2,(H,18,19). The fourth-order valence-electron chi connectivity index (χ4n) is 2.11. The molecule has 1 amide bonds. The highest BCUT2D eigenvalue weighted by Crippen LogP contribution is 2.28. The van der Waals surface area contributed by atoms with Crippen molar-refractivity contribution in [1.82, 2.24) is 9.71 Å². The van der Waals surface area contributed by atoms with Crippen molar-refractivity contribution in [2.75, 3.05) is 13.2 Å². The Labute approximate surface area is 131 Å². The third-order valence-corrected chi connectivity index (χ3v) is 4.68. The van der Waals surface area contributed by atoms with Crippen molar-refractivity contribution in [3.63, 3.8) is 0 Å². The van der Waals surface area contributed by atoms with Gasteiger partial charge in [-0.25, -0.2) is 9.71 Å². The first kappa shape index (κ1) is 17.7. The molecule has 0 spiro atoms. The van der Waals surface area contributed by atoms with Gasteiger partial charge in [0, 0.05) is 25.8 Å². The van der Waals surface area contributed by atoms with E-state index in [0.29, 0.717) is 38.0 Å². The highest BCUT2D eigenvalue weighted by Gasteiger charge is 2.31. The molecule has 1 fully saturated rings. The summed E-state index contributed by atoms with van der Waals surface area (Å²) < 4.78 is 68.0. The fraction of sp³-hybridized carbons (Fsp3) is 0.538. The number of sulfonamides is 1. The van der Waals surface area contributed by atoms with Gasteiger partial charge in [0.2, 0.25) is 5.91 Å². The number of carbonyl (C=O) groups excluding carboxylic acids is 1. The minimum absolute atomic E-state index is 0.00606. The molecule has 1 aromatic rings. The smallest absolute Gasteiger partial charge is 0.381 e. The van der Waals surface area contributed by atoms with Gasteiger partial charge in [-0.1, -0.05) is 0 Å². The maximum absolute atomic E-state index is 12.4. The lowest BCUT2D eigenvalue weighted by Crippen LogP contribution is -2.31. The Kier molecular flexibility index (Phi) is 5.25. The van der Waals surface area contributed by atoms with Crippen LogP contribution in [0.1, 0.15) is 24.8 Å². The quantitative estimate of drug-likeness (QED) is 0.872. The first-order valence-electron chi connectivity index (χ1n) is 6.85. The maximum atomic E-state index is 12.4. The molecule has 128 valence electrons. The molecular formula is C13H15F3N2O4S. The molecule has 1 aliphatic heterocycles. The lowest BCUT2D eigenvalue weighted by molar-refractivity contribution is -0.137. The van der Waals surface area contributed by atoms with Gasteiger partial charge < -0.3 is 4.74 Å². The zero-order chi connectivity index (χ0) is 17.1. The number of aromatic nitrogens is 1. The van der Waals surface area contributed by atoms with Crippen molar-refractivity contribution >= 4 is 15.9 Å². The number of alkyl halides is 3. The van der Waals surface area contributed by atoms with Gasteiger partial charge in [-0.05, 0) is 30.9 Å². The molecule has 2 heterocycles. The second-order valence-electron chi connectivity index (χ2n) is 5.18. The monoisotopic (exact) mass is 352 g/mol. The van der Waals surface area contributed by atoms with E-state index in [1.54, 1.807) is 4.72 Å². The number of pyridine rings is 1. The van der Waals surface area contributed by atoms with Crippen LogP contribution in [0.2, 0.25) is 0 Å². The van der Waals surface area contributed by atoms with Crippen molar-refractivity contribution in [3.05, 3.63) is 23.9 Å². The van der Waals surface area contributed by atoms with E-state index in [4.69, 9.17) is 4.74 Å². The number of rotatable bonds is 5. The average Bonchev–Trinajstić information content (AvgIpc) is 2.97. The van der Waals surface area contributed by atoms with E-state index in [0.717, 1.165) is 6.42 Å². The predicted molar refractivity (Wildman–Crippen MR) is 72.7 cm³/mol. The van der Waals surface area contributed by atoms with Gasteiger partial charge in [-0.3, -0.25) is 4.79 Å². The van der Waals surface area contributed by atoms with Crippen molar-refractivity contribution in [2.24, 2.45) is 5.92 Å². The summed E-state index contributed by atoms with van der Waals surface area (Å²) in [6, 6.07) is 1.31. The van der Waals surface area contributed by atoms with E-state index in [1.165, 1.54) is 0 Å². The molecule has 1 unspecified atom stereocenters. The number of ether oxygens (including phenoxy) is 1. The molecule has 10 heteroatoms. The van der Waals surface area contributed by atoms with E-state index in [1.807, 2.05) is 0 Å². The Bertz CT molecular complexity index is 653. The van der Waals surface area contributed by atoms with Crippen LogP contribution in [0.3, 0.4) is 0 Å². The summed E-state index contributed by atoms with van der Waals surface area (Å²) in [5.41, 5.74) is -1.07. The van der Waals surface area contributed by atoms with Crippen LogP contribution in [-0.4, -0.2) is 32.5 Å². The Morgan fingerprint density at radius 3 is 2.65 bits per heavy atom. The molecule has 0 aliphatic carbocycles. The summed E-state index contributed by atoms with van der Waals surface area (Å²) in [6.07, 6.45) is -2.90. The number of nitrogens with one attached hydrogen (secondary N) is 1. The molecule has 2 rings (SSSR count). The molecule has 0 aromatic carbocycles. The first-order chi connectivity index (χ1) is 10.7. The zero-order valence-electron chi connectivity index (χ0n) is 12.0. The second kappa shape index (κ2) is 6.83. The molecule has 0 radical (unpaired) electrons. The Hall–Kier alpha value is -1.68. The lowest BCUT2D eigenvalue weighted by Gasteiger charge is -2.10. The van der Waals surface area contributed by atoms with Crippen LogP contribution in [0.15, 0.2) is 23.4 Å². The normalized spacial score (nSPS) is 18.8. The van der Waals surface area contributed by atoms with Crippen molar-refractivity contribution in [3.8, 4) is 0 Å². The van der Waals surface area contributed by atoms with Crippen LogP contribution in [0, 0.1) is 5.92 Å². The minimum Gasteiger partial charge on any atom is -0.381 e. The Morgan fingerprint density at radius 2 is 2.13 bits per heavy atom. The molecular weight excluding hydrogens is 337 g/mol. The topological polar surface area (TPSA) is 85.4 Å². The summed E-state index contributed by atoms with van der Waals surface area (Å²) in [6.45, 7) is 1.17. The molecule has 23 heavy (non-hydrogen) atoms. The maximum Gasteiger partial charge on any atom is 0.417 e. The average molecular weight is 352 g/mol. The van der Waals surface area contributed by atoms with Crippen LogP contribution in [0.25, 0.3) is 0 Å². The zero-order valence-corrected chi connectivity index (χ0v) is 12.8. The van der Waals surface area contributed by atoms with Gasteiger partial charge in [0.15, 0.2) is 5.03 Å². The minimum atomic E-state index is -4.61. The molecule has 6 nitrogen and oxygen atoms in total. The molecule has 1 aliphatic rings. The van der Waals surface area contributed by atoms with Gasteiger partial charge in [0.05, 0.1) is 5.56 Å². The van der Waals surface area contributed by atoms with Crippen LogP contribution < -0.4 is 4.72 Å².